The maximum absolute atomic E-state index is 8.79. The van der Waals surface area contributed by atoms with Gasteiger partial charge in [-0.1, -0.05) is 0 Å². The first kappa shape index (κ1) is 11.2. The van der Waals surface area contributed by atoms with E-state index in [1.807, 2.05) is 6.07 Å². The number of methoxy groups -OCH3 is 1. The van der Waals surface area contributed by atoms with E-state index in [2.05, 4.69) is 20.7 Å². The van der Waals surface area contributed by atoms with Crippen molar-refractivity contribution in [3.8, 4) is 6.07 Å². The third-order valence-corrected chi connectivity index (χ3v) is 1.64. The van der Waals surface area contributed by atoms with Crippen molar-refractivity contribution >= 4 is 11.8 Å². The number of aromatic nitrogens is 2. The molecule has 0 aliphatic heterocycles. The summed E-state index contributed by atoms with van der Waals surface area (Å²) in [6, 6.07) is 1.98. The summed E-state index contributed by atoms with van der Waals surface area (Å²) in [5, 5.41) is 11.7. The molecular formula is C8H12N6O. The van der Waals surface area contributed by atoms with Crippen LogP contribution in [0.2, 0.25) is 0 Å². The third kappa shape index (κ3) is 3.05. The zero-order valence-corrected chi connectivity index (χ0v) is 8.32. The summed E-state index contributed by atoms with van der Waals surface area (Å²) >= 11 is 0. The molecule has 15 heavy (non-hydrogen) atoms. The van der Waals surface area contributed by atoms with Crippen molar-refractivity contribution in [3.63, 3.8) is 0 Å². The fourth-order valence-corrected chi connectivity index (χ4v) is 0.939. The molecule has 80 valence electrons. The van der Waals surface area contributed by atoms with E-state index >= 15 is 0 Å². The average molecular weight is 208 g/mol. The van der Waals surface area contributed by atoms with Gasteiger partial charge in [0, 0.05) is 13.7 Å². The lowest BCUT2D eigenvalue weighted by atomic mass is 10.3. The lowest BCUT2D eigenvalue weighted by Crippen LogP contribution is -2.14. The molecule has 4 N–H and O–H groups in total. The molecule has 0 aliphatic rings. The topological polar surface area (TPSA) is 109 Å². The molecule has 7 nitrogen and oxygen atoms in total. The molecule has 0 amide bonds. The number of rotatable bonds is 5. The molecule has 0 radical (unpaired) electrons. The largest absolute Gasteiger partial charge is 0.383 e. The summed E-state index contributed by atoms with van der Waals surface area (Å²) in [7, 11) is 1.60. The highest BCUT2D eigenvalue weighted by Gasteiger charge is 2.05. The van der Waals surface area contributed by atoms with Gasteiger partial charge in [0.05, 0.1) is 12.8 Å². The summed E-state index contributed by atoms with van der Waals surface area (Å²) < 4.78 is 4.86. The molecule has 0 atom stereocenters. The maximum Gasteiger partial charge on any atom is 0.239 e. The summed E-state index contributed by atoms with van der Waals surface area (Å²) in [5.74, 6) is 5.86. The molecule has 0 fully saturated rings. The Morgan fingerprint density at radius 1 is 1.67 bits per heavy atom. The van der Waals surface area contributed by atoms with Gasteiger partial charge in [-0.2, -0.15) is 10.2 Å². The summed E-state index contributed by atoms with van der Waals surface area (Å²) in [4.78, 5) is 7.81. The Morgan fingerprint density at radius 2 is 2.47 bits per heavy atom. The van der Waals surface area contributed by atoms with Crippen LogP contribution in [-0.2, 0) is 4.74 Å². The first-order valence-electron chi connectivity index (χ1n) is 4.28. The van der Waals surface area contributed by atoms with Crippen molar-refractivity contribution < 1.29 is 4.74 Å². The van der Waals surface area contributed by atoms with Crippen molar-refractivity contribution in [1.29, 1.82) is 5.26 Å². The van der Waals surface area contributed by atoms with Crippen molar-refractivity contribution in [1.82, 2.24) is 9.97 Å². The second kappa shape index (κ2) is 5.74. The van der Waals surface area contributed by atoms with Gasteiger partial charge in [-0.3, -0.25) is 5.43 Å². The number of nitrogens with one attached hydrogen (secondary N) is 2. The third-order valence-electron chi connectivity index (χ3n) is 1.64. The number of nitriles is 1. The van der Waals surface area contributed by atoms with E-state index in [1.165, 1.54) is 6.20 Å². The molecule has 0 saturated carbocycles. The quantitative estimate of drug-likeness (QED) is 0.346. The van der Waals surface area contributed by atoms with Crippen LogP contribution in [0.15, 0.2) is 6.20 Å². The molecule has 0 bridgehead atoms. The van der Waals surface area contributed by atoms with Gasteiger partial charge in [-0.15, -0.1) is 0 Å². The van der Waals surface area contributed by atoms with Crippen LogP contribution >= 0.6 is 0 Å². The summed E-state index contributed by atoms with van der Waals surface area (Å²) in [6.45, 7) is 1.09. The molecule has 0 spiro atoms. The Kier molecular flexibility index (Phi) is 4.28. The second-order valence-corrected chi connectivity index (χ2v) is 2.63. The van der Waals surface area contributed by atoms with Gasteiger partial charge >= 0.3 is 0 Å². The van der Waals surface area contributed by atoms with Crippen molar-refractivity contribution in [2.24, 2.45) is 5.84 Å². The van der Waals surface area contributed by atoms with Crippen molar-refractivity contribution in [2.75, 3.05) is 31.0 Å². The van der Waals surface area contributed by atoms with Crippen molar-refractivity contribution in [3.05, 3.63) is 11.8 Å². The number of hydrazine groups is 1. The first-order chi connectivity index (χ1) is 7.31. The monoisotopic (exact) mass is 208 g/mol. The van der Waals surface area contributed by atoms with Crippen LogP contribution < -0.4 is 16.6 Å². The van der Waals surface area contributed by atoms with E-state index in [0.29, 0.717) is 24.5 Å². The van der Waals surface area contributed by atoms with Gasteiger partial charge in [-0.25, -0.2) is 10.8 Å². The van der Waals surface area contributed by atoms with Gasteiger partial charge in [0.25, 0.3) is 0 Å². The molecule has 1 heterocycles. The van der Waals surface area contributed by atoms with Crippen LogP contribution in [0.3, 0.4) is 0 Å². The molecule has 0 unspecified atom stereocenters. The zero-order chi connectivity index (χ0) is 11.1. The Hall–Kier alpha value is -1.91. The van der Waals surface area contributed by atoms with Crippen molar-refractivity contribution in [2.45, 2.75) is 0 Å². The minimum atomic E-state index is 0.258. The molecule has 0 aliphatic carbocycles. The van der Waals surface area contributed by atoms with E-state index in [4.69, 9.17) is 15.8 Å². The first-order valence-corrected chi connectivity index (χ1v) is 4.28. The number of nitrogen functional groups attached to an aromatic ring is 1. The van der Waals surface area contributed by atoms with Gasteiger partial charge in [-0.05, 0) is 0 Å². The Morgan fingerprint density at radius 3 is 3.07 bits per heavy atom. The molecule has 1 aromatic rings. The van der Waals surface area contributed by atoms with Gasteiger partial charge in [0.1, 0.15) is 17.5 Å². The lowest BCUT2D eigenvalue weighted by molar-refractivity contribution is 0.210. The minimum absolute atomic E-state index is 0.258. The number of ether oxygens (including phenoxy) is 1. The Labute approximate surface area is 87.2 Å². The number of hydrogen-bond acceptors (Lipinski definition) is 7. The SMILES string of the molecule is COCCNc1nc(NN)ncc1C#N. The lowest BCUT2D eigenvalue weighted by Gasteiger charge is -2.07. The average Bonchev–Trinajstić information content (AvgIpc) is 2.29. The number of hydrogen-bond donors (Lipinski definition) is 3. The van der Waals surface area contributed by atoms with E-state index in [0.717, 1.165) is 0 Å². The van der Waals surface area contributed by atoms with Crippen LogP contribution in [-0.4, -0.2) is 30.2 Å². The molecule has 0 saturated heterocycles. The fourth-order valence-electron chi connectivity index (χ4n) is 0.939. The Bertz CT molecular complexity index is 361. The highest BCUT2D eigenvalue weighted by Crippen LogP contribution is 2.11. The van der Waals surface area contributed by atoms with Crippen LogP contribution in [0.5, 0.6) is 0 Å². The van der Waals surface area contributed by atoms with Crippen LogP contribution in [0.25, 0.3) is 0 Å². The molecule has 7 heteroatoms. The predicted octanol–water partition coefficient (Wildman–Crippen LogP) is -0.308. The fraction of sp³-hybridized carbons (Fsp3) is 0.375. The van der Waals surface area contributed by atoms with Crippen LogP contribution in [0, 0.1) is 11.3 Å². The highest BCUT2D eigenvalue weighted by atomic mass is 16.5. The maximum atomic E-state index is 8.79. The van der Waals surface area contributed by atoms with E-state index in [9.17, 15) is 0 Å². The number of nitrogens with zero attached hydrogens (tertiary/aromatic N) is 3. The number of nitrogens with two attached hydrogens (primary N) is 1. The number of anilines is 2. The van der Waals surface area contributed by atoms with Gasteiger partial charge in [0.15, 0.2) is 0 Å². The standard InChI is InChI=1S/C8H12N6O/c1-15-3-2-11-7-6(4-9)5-12-8(13-7)14-10/h5H,2-3,10H2,1H3,(H2,11,12,13,14). The molecule has 1 aromatic heterocycles. The Balaban J connectivity index is 2.78. The van der Waals surface area contributed by atoms with Gasteiger partial charge in [0.2, 0.25) is 5.95 Å². The molecular weight excluding hydrogens is 196 g/mol. The van der Waals surface area contributed by atoms with Crippen LogP contribution in [0.1, 0.15) is 5.56 Å². The highest BCUT2D eigenvalue weighted by molar-refractivity contribution is 5.53. The summed E-state index contributed by atoms with van der Waals surface area (Å²) in [6.07, 6.45) is 1.40. The molecule has 1 rings (SSSR count). The predicted molar refractivity (Wildman–Crippen MR) is 54.9 cm³/mol. The van der Waals surface area contributed by atoms with Crippen LogP contribution in [0.4, 0.5) is 11.8 Å². The van der Waals surface area contributed by atoms with E-state index in [-0.39, 0.29) is 5.95 Å². The minimum Gasteiger partial charge on any atom is -0.383 e. The normalized spacial score (nSPS) is 9.40. The zero-order valence-electron chi connectivity index (χ0n) is 8.32. The van der Waals surface area contributed by atoms with Gasteiger partial charge < -0.3 is 10.1 Å². The molecule has 0 aromatic carbocycles. The summed E-state index contributed by atoms with van der Waals surface area (Å²) in [5.41, 5.74) is 2.67. The van der Waals surface area contributed by atoms with E-state index < -0.39 is 0 Å². The smallest absolute Gasteiger partial charge is 0.239 e. The van der Waals surface area contributed by atoms with E-state index in [1.54, 1.807) is 7.11 Å². The second-order valence-electron chi connectivity index (χ2n) is 2.63.